The van der Waals surface area contributed by atoms with E-state index in [1.54, 1.807) is 7.11 Å². The van der Waals surface area contributed by atoms with Gasteiger partial charge in [0.05, 0.1) is 6.61 Å². The SMILES string of the molecule is CCCCC(c1ccc(OCCOc2c(C)cc(-c3ccccc3)cc2COC)cc1)C(C)CC. The first-order valence-electron chi connectivity index (χ1n) is 13.1. The van der Waals surface area contributed by atoms with E-state index in [0.29, 0.717) is 31.7 Å². The molecule has 2 atom stereocenters. The van der Waals surface area contributed by atoms with Crippen molar-refractivity contribution in [3.8, 4) is 22.6 Å². The summed E-state index contributed by atoms with van der Waals surface area (Å²) >= 11 is 0. The Morgan fingerprint density at radius 1 is 0.829 bits per heavy atom. The Labute approximate surface area is 212 Å². The average molecular weight is 475 g/mol. The van der Waals surface area contributed by atoms with Crippen LogP contribution >= 0.6 is 0 Å². The molecule has 0 N–H and O–H groups in total. The maximum Gasteiger partial charge on any atom is 0.127 e. The fourth-order valence-electron chi connectivity index (χ4n) is 4.72. The summed E-state index contributed by atoms with van der Waals surface area (Å²) in [5.74, 6) is 3.10. The number of benzene rings is 3. The van der Waals surface area contributed by atoms with Gasteiger partial charge in [-0.25, -0.2) is 0 Å². The first-order valence-corrected chi connectivity index (χ1v) is 13.1. The molecule has 2 unspecified atom stereocenters. The van der Waals surface area contributed by atoms with Gasteiger partial charge in [0.25, 0.3) is 0 Å². The largest absolute Gasteiger partial charge is 0.490 e. The van der Waals surface area contributed by atoms with Crippen molar-refractivity contribution in [1.29, 1.82) is 0 Å². The van der Waals surface area contributed by atoms with E-state index in [1.807, 2.05) is 6.07 Å². The number of rotatable bonds is 14. The maximum atomic E-state index is 6.18. The van der Waals surface area contributed by atoms with Crippen molar-refractivity contribution >= 4 is 0 Å². The van der Waals surface area contributed by atoms with Gasteiger partial charge < -0.3 is 14.2 Å². The summed E-state index contributed by atoms with van der Waals surface area (Å²) in [4.78, 5) is 0. The lowest BCUT2D eigenvalue weighted by Gasteiger charge is -2.23. The van der Waals surface area contributed by atoms with Crippen molar-refractivity contribution < 1.29 is 14.2 Å². The third-order valence-corrected chi connectivity index (χ3v) is 6.86. The summed E-state index contributed by atoms with van der Waals surface area (Å²) in [6.45, 7) is 10.5. The van der Waals surface area contributed by atoms with Gasteiger partial charge in [0.1, 0.15) is 24.7 Å². The Morgan fingerprint density at radius 2 is 1.54 bits per heavy atom. The van der Waals surface area contributed by atoms with E-state index < -0.39 is 0 Å². The van der Waals surface area contributed by atoms with Crippen LogP contribution in [0, 0.1) is 12.8 Å². The summed E-state index contributed by atoms with van der Waals surface area (Å²) in [5, 5.41) is 0. The van der Waals surface area contributed by atoms with Crippen LogP contribution in [0.25, 0.3) is 11.1 Å². The van der Waals surface area contributed by atoms with Crippen LogP contribution in [0.2, 0.25) is 0 Å². The molecular formula is C32H42O3. The molecule has 3 aromatic rings. The van der Waals surface area contributed by atoms with Crippen LogP contribution in [0.15, 0.2) is 66.7 Å². The molecule has 0 amide bonds. The number of ether oxygens (including phenoxy) is 3. The molecule has 0 aliphatic carbocycles. The van der Waals surface area contributed by atoms with Crippen LogP contribution < -0.4 is 9.47 Å². The van der Waals surface area contributed by atoms with Gasteiger partial charge in [-0.3, -0.25) is 0 Å². The van der Waals surface area contributed by atoms with E-state index >= 15 is 0 Å². The quantitative estimate of drug-likeness (QED) is 0.219. The van der Waals surface area contributed by atoms with Gasteiger partial charge in [-0.05, 0) is 71.7 Å². The number of unbranched alkanes of at least 4 members (excludes halogenated alkanes) is 1. The van der Waals surface area contributed by atoms with Crippen LogP contribution in [0.4, 0.5) is 0 Å². The van der Waals surface area contributed by atoms with Gasteiger partial charge in [-0.2, -0.15) is 0 Å². The molecule has 0 heterocycles. The van der Waals surface area contributed by atoms with Gasteiger partial charge in [-0.15, -0.1) is 0 Å². The molecule has 0 fully saturated rings. The molecule has 0 saturated heterocycles. The highest BCUT2D eigenvalue weighted by atomic mass is 16.5. The predicted molar refractivity (Wildman–Crippen MR) is 146 cm³/mol. The Kier molecular flexibility index (Phi) is 10.7. The zero-order valence-electron chi connectivity index (χ0n) is 22.2. The van der Waals surface area contributed by atoms with Crippen molar-refractivity contribution in [3.05, 3.63) is 83.4 Å². The van der Waals surface area contributed by atoms with Crippen molar-refractivity contribution in [2.45, 2.75) is 65.9 Å². The van der Waals surface area contributed by atoms with E-state index in [-0.39, 0.29) is 0 Å². The van der Waals surface area contributed by atoms with Crippen LogP contribution in [0.1, 0.15) is 69.1 Å². The summed E-state index contributed by atoms with van der Waals surface area (Å²) in [6, 6.07) is 23.4. The van der Waals surface area contributed by atoms with E-state index in [1.165, 1.54) is 42.4 Å². The molecule has 0 spiro atoms. The molecule has 0 aliphatic heterocycles. The van der Waals surface area contributed by atoms with Crippen molar-refractivity contribution in [2.75, 3.05) is 20.3 Å². The van der Waals surface area contributed by atoms with Crippen molar-refractivity contribution in [3.63, 3.8) is 0 Å². The molecule has 35 heavy (non-hydrogen) atoms. The normalized spacial score (nSPS) is 12.8. The maximum absolute atomic E-state index is 6.18. The van der Waals surface area contributed by atoms with Gasteiger partial charge in [-0.1, -0.05) is 82.5 Å². The van der Waals surface area contributed by atoms with Crippen LogP contribution in [0.3, 0.4) is 0 Å². The van der Waals surface area contributed by atoms with Crippen LogP contribution in [-0.2, 0) is 11.3 Å². The molecule has 188 valence electrons. The minimum absolute atomic E-state index is 0.482. The summed E-state index contributed by atoms with van der Waals surface area (Å²) in [5.41, 5.74) is 5.95. The molecule has 0 radical (unpaired) electrons. The van der Waals surface area contributed by atoms with E-state index in [4.69, 9.17) is 14.2 Å². The Bertz CT molecular complexity index is 1010. The number of hydrogen-bond acceptors (Lipinski definition) is 3. The third-order valence-electron chi connectivity index (χ3n) is 6.86. The molecule has 3 aromatic carbocycles. The smallest absolute Gasteiger partial charge is 0.127 e. The minimum Gasteiger partial charge on any atom is -0.490 e. The van der Waals surface area contributed by atoms with Gasteiger partial charge in [0.2, 0.25) is 0 Å². The molecule has 3 heteroatoms. The van der Waals surface area contributed by atoms with Gasteiger partial charge >= 0.3 is 0 Å². The predicted octanol–water partition coefficient (Wildman–Crippen LogP) is 8.59. The van der Waals surface area contributed by atoms with Gasteiger partial charge in [0.15, 0.2) is 0 Å². The van der Waals surface area contributed by atoms with Crippen molar-refractivity contribution in [1.82, 2.24) is 0 Å². The Morgan fingerprint density at radius 3 is 2.20 bits per heavy atom. The fourth-order valence-corrected chi connectivity index (χ4v) is 4.72. The van der Waals surface area contributed by atoms with Crippen LogP contribution in [-0.4, -0.2) is 20.3 Å². The lowest BCUT2D eigenvalue weighted by molar-refractivity contribution is 0.174. The molecule has 3 rings (SSSR count). The first kappa shape index (κ1) is 26.8. The van der Waals surface area contributed by atoms with E-state index in [2.05, 4.69) is 88.4 Å². The first-order chi connectivity index (χ1) is 17.1. The molecule has 3 nitrogen and oxygen atoms in total. The Hall–Kier alpha value is -2.78. The number of methoxy groups -OCH3 is 1. The van der Waals surface area contributed by atoms with Crippen molar-refractivity contribution in [2.24, 2.45) is 5.92 Å². The molecule has 0 saturated carbocycles. The second kappa shape index (κ2) is 13.9. The second-order valence-electron chi connectivity index (χ2n) is 9.48. The van der Waals surface area contributed by atoms with E-state index in [9.17, 15) is 0 Å². The standard InChI is InChI=1S/C32H42O3/c1-6-8-14-31(24(3)7-2)27-15-17-30(18-16-27)34-19-20-35-32-25(4)21-28(22-29(32)23-33-5)26-12-10-9-11-13-26/h9-13,15-18,21-22,24,31H,6-8,14,19-20,23H2,1-5H3. The lowest BCUT2D eigenvalue weighted by Crippen LogP contribution is -2.12. The number of hydrogen-bond donors (Lipinski definition) is 0. The summed E-state index contributed by atoms with van der Waals surface area (Å²) in [6.07, 6.45) is 4.99. The highest BCUT2D eigenvalue weighted by molar-refractivity contribution is 5.67. The molecule has 0 aromatic heterocycles. The second-order valence-corrected chi connectivity index (χ2v) is 9.48. The topological polar surface area (TPSA) is 27.7 Å². The highest BCUT2D eigenvalue weighted by Gasteiger charge is 2.17. The average Bonchev–Trinajstić information content (AvgIpc) is 2.89. The zero-order valence-corrected chi connectivity index (χ0v) is 22.2. The lowest BCUT2D eigenvalue weighted by atomic mass is 9.82. The molecular weight excluding hydrogens is 432 g/mol. The van der Waals surface area contributed by atoms with E-state index in [0.717, 1.165) is 22.6 Å². The zero-order chi connectivity index (χ0) is 25.0. The number of aryl methyl sites for hydroxylation is 1. The van der Waals surface area contributed by atoms with Crippen LogP contribution in [0.5, 0.6) is 11.5 Å². The van der Waals surface area contributed by atoms with Gasteiger partial charge in [0, 0.05) is 12.7 Å². The minimum atomic E-state index is 0.482. The third kappa shape index (κ3) is 7.60. The summed E-state index contributed by atoms with van der Waals surface area (Å²) < 4.78 is 17.6. The Balaban J connectivity index is 1.60. The summed E-state index contributed by atoms with van der Waals surface area (Å²) in [7, 11) is 1.72. The highest BCUT2D eigenvalue weighted by Crippen LogP contribution is 2.33. The fraction of sp³-hybridized carbons (Fsp3) is 0.438. The molecule has 0 bridgehead atoms. The molecule has 0 aliphatic rings. The monoisotopic (exact) mass is 474 g/mol.